The van der Waals surface area contributed by atoms with E-state index in [-0.39, 0.29) is 25.6 Å². The van der Waals surface area contributed by atoms with Crippen molar-refractivity contribution >= 4 is 19.8 Å². The van der Waals surface area contributed by atoms with Crippen molar-refractivity contribution in [1.29, 1.82) is 0 Å². The van der Waals surface area contributed by atoms with Crippen molar-refractivity contribution in [3.63, 3.8) is 0 Å². The summed E-state index contributed by atoms with van der Waals surface area (Å²) in [5.74, 6) is -0.775. The van der Waals surface area contributed by atoms with Crippen LogP contribution in [-0.4, -0.2) is 74.9 Å². The highest BCUT2D eigenvalue weighted by atomic mass is 31.2. The van der Waals surface area contributed by atoms with Crippen LogP contribution in [0.1, 0.15) is 425 Å². The van der Waals surface area contributed by atoms with E-state index in [1.54, 1.807) is 0 Å². The van der Waals surface area contributed by atoms with E-state index in [0.717, 1.165) is 64.2 Å². The second-order valence-electron chi connectivity index (χ2n) is 29.8. The SMILES string of the molecule is CC/C=C\C/C=C\C/C=C\C/C=C\C/C=C\CCCCCCCCCCCCCCCCCCCC(=O)OC(COC(=O)CCCCCCCCCCCCCCCCCCCCCCCCCCCCCCCCCCCCCCCCC)COP(=O)(O)OCC[N+](C)(C)C. The predicted molar refractivity (Wildman–Crippen MR) is 418 cm³/mol. The van der Waals surface area contributed by atoms with Crippen LogP contribution in [0.25, 0.3) is 0 Å². The number of phosphoric ester groups is 1. The molecule has 0 aromatic rings. The van der Waals surface area contributed by atoms with E-state index in [1.807, 2.05) is 21.1 Å². The summed E-state index contributed by atoms with van der Waals surface area (Å²) < 4.78 is 34.9. The summed E-state index contributed by atoms with van der Waals surface area (Å²) in [6.07, 6.45) is 104. The smallest absolute Gasteiger partial charge is 0.462 e. The Kier molecular flexibility index (Phi) is 75.0. The average molecular weight is 1370 g/mol. The number of allylic oxidation sites excluding steroid dienone is 10. The number of esters is 2. The van der Waals surface area contributed by atoms with E-state index in [1.165, 1.54) is 327 Å². The maximum absolute atomic E-state index is 12.9. The quantitative estimate of drug-likeness (QED) is 0.0211. The first-order valence-corrected chi connectivity index (χ1v) is 43.5. The number of unbranched alkanes of at least 4 members (excludes halogenated alkanes) is 55. The highest BCUT2D eigenvalue weighted by Gasteiger charge is 2.27. The minimum Gasteiger partial charge on any atom is -0.462 e. The lowest BCUT2D eigenvalue weighted by Gasteiger charge is -2.24. The molecule has 2 unspecified atom stereocenters. The van der Waals surface area contributed by atoms with Crippen LogP contribution in [0.4, 0.5) is 0 Å². The van der Waals surface area contributed by atoms with Crippen LogP contribution < -0.4 is 0 Å². The average Bonchev–Trinajstić information content (AvgIpc) is 1.48. The van der Waals surface area contributed by atoms with Crippen molar-refractivity contribution in [2.45, 2.75) is 431 Å². The van der Waals surface area contributed by atoms with E-state index in [2.05, 4.69) is 74.6 Å². The van der Waals surface area contributed by atoms with Crippen LogP contribution in [-0.2, 0) is 32.7 Å². The van der Waals surface area contributed by atoms with Crippen molar-refractivity contribution in [2.24, 2.45) is 0 Å². The number of carbonyl (C=O) groups is 2. The number of carbonyl (C=O) groups excluding carboxylic acids is 2. The third kappa shape index (κ3) is 80.7. The fraction of sp³-hybridized carbons (Fsp3) is 0.860. The first kappa shape index (κ1) is 93.7. The summed E-state index contributed by atoms with van der Waals surface area (Å²) in [6, 6.07) is 0. The maximum atomic E-state index is 12.9. The molecule has 0 aromatic carbocycles. The monoisotopic (exact) mass is 1370 g/mol. The Bertz CT molecular complexity index is 1800. The van der Waals surface area contributed by atoms with Gasteiger partial charge in [-0.15, -0.1) is 0 Å². The normalized spacial score (nSPS) is 13.3. The van der Waals surface area contributed by atoms with Gasteiger partial charge < -0.3 is 18.9 Å². The van der Waals surface area contributed by atoms with Gasteiger partial charge in [-0.1, -0.05) is 415 Å². The first-order chi connectivity index (χ1) is 47.0. The zero-order chi connectivity index (χ0) is 69.7. The van der Waals surface area contributed by atoms with Gasteiger partial charge in [0, 0.05) is 12.8 Å². The molecule has 0 spiro atoms. The molecule has 0 heterocycles. The molecule has 0 aliphatic carbocycles. The molecule has 96 heavy (non-hydrogen) atoms. The molecule has 1 N–H and O–H groups in total. The van der Waals surface area contributed by atoms with Crippen molar-refractivity contribution in [2.75, 3.05) is 47.5 Å². The maximum Gasteiger partial charge on any atom is 0.472 e. The number of hydrogen-bond acceptors (Lipinski definition) is 7. The summed E-state index contributed by atoms with van der Waals surface area (Å²) in [5, 5.41) is 0. The number of quaternary nitrogens is 1. The summed E-state index contributed by atoms with van der Waals surface area (Å²) in [6.45, 7) is 4.40. The second-order valence-corrected chi connectivity index (χ2v) is 31.3. The lowest BCUT2D eigenvalue weighted by Crippen LogP contribution is -2.37. The third-order valence-electron chi connectivity index (χ3n) is 19.1. The molecule has 0 amide bonds. The molecule has 0 aliphatic rings. The fourth-order valence-corrected chi connectivity index (χ4v) is 13.4. The van der Waals surface area contributed by atoms with Gasteiger partial charge in [-0.3, -0.25) is 18.6 Å². The van der Waals surface area contributed by atoms with Gasteiger partial charge in [-0.05, 0) is 57.8 Å². The Morgan fingerprint density at radius 3 is 0.885 bits per heavy atom. The first-order valence-electron chi connectivity index (χ1n) is 42.0. The summed E-state index contributed by atoms with van der Waals surface area (Å²) in [5.41, 5.74) is 0. The highest BCUT2D eigenvalue weighted by Crippen LogP contribution is 2.43. The molecule has 9 nitrogen and oxygen atoms in total. The van der Waals surface area contributed by atoms with Crippen LogP contribution in [0.5, 0.6) is 0 Å². The van der Waals surface area contributed by atoms with E-state index < -0.39 is 26.5 Å². The Morgan fingerprint density at radius 2 is 0.594 bits per heavy atom. The van der Waals surface area contributed by atoms with Gasteiger partial charge in [0.15, 0.2) is 6.10 Å². The Labute approximate surface area is 597 Å². The van der Waals surface area contributed by atoms with Gasteiger partial charge in [0.05, 0.1) is 27.7 Å². The third-order valence-corrected chi connectivity index (χ3v) is 20.0. The van der Waals surface area contributed by atoms with Crippen LogP contribution >= 0.6 is 7.82 Å². The molecule has 2 atom stereocenters. The zero-order valence-electron chi connectivity index (χ0n) is 64.6. The van der Waals surface area contributed by atoms with Crippen LogP contribution in [0, 0.1) is 0 Å². The van der Waals surface area contributed by atoms with Gasteiger partial charge in [-0.25, -0.2) is 4.57 Å². The van der Waals surface area contributed by atoms with Crippen LogP contribution in [0.3, 0.4) is 0 Å². The molecule has 0 aliphatic heterocycles. The van der Waals surface area contributed by atoms with Crippen molar-refractivity contribution in [3.05, 3.63) is 60.8 Å². The summed E-state index contributed by atoms with van der Waals surface area (Å²) in [4.78, 5) is 36.0. The van der Waals surface area contributed by atoms with E-state index >= 15 is 0 Å². The lowest BCUT2D eigenvalue weighted by atomic mass is 10.0. The molecule has 10 heteroatoms. The molecule has 0 saturated carbocycles. The fourth-order valence-electron chi connectivity index (χ4n) is 12.7. The molecule has 564 valence electrons. The Hall–Kier alpha value is -2.29. The number of nitrogens with zero attached hydrogens (tertiary/aromatic N) is 1. The Balaban J connectivity index is 3.88. The lowest BCUT2D eigenvalue weighted by molar-refractivity contribution is -0.870. The molecular weight excluding hydrogens is 1210 g/mol. The largest absolute Gasteiger partial charge is 0.472 e. The number of hydrogen-bond donors (Lipinski definition) is 1. The van der Waals surface area contributed by atoms with Crippen molar-refractivity contribution in [1.82, 2.24) is 0 Å². The number of rotatable bonds is 79. The number of likely N-dealkylation sites (N-methyl/N-ethyl adjacent to an activating group) is 1. The summed E-state index contributed by atoms with van der Waals surface area (Å²) in [7, 11) is 1.50. The molecule has 0 fully saturated rings. The molecule has 0 rings (SSSR count). The van der Waals surface area contributed by atoms with Crippen molar-refractivity contribution < 1.29 is 42.1 Å². The van der Waals surface area contributed by atoms with Crippen LogP contribution in [0.2, 0.25) is 0 Å². The zero-order valence-corrected chi connectivity index (χ0v) is 65.5. The molecule has 0 aromatic heterocycles. The second kappa shape index (κ2) is 76.9. The Morgan fingerprint density at radius 1 is 0.333 bits per heavy atom. The molecule has 0 bridgehead atoms. The van der Waals surface area contributed by atoms with E-state index in [4.69, 9.17) is 18.5 Å². The summed E-state index contributed by atoms with van der Waals surface area (Å²) >= 11 is 0. The van der Waals surface area contributed by atoms with Gasteiger partial charge in [0.25, 0.3) is 0 Å². The minimum atomic E-state index is -4.40. The van der Waals surface area contributed by atoms with Crippen LogP contribution in [0.15, 0.2) is 60.8 Å². The highest BCUT2D eigenvalue weighted by molar-refractivity contribution is 7.47. The van der Waals surface area contributed by atoms with Crippen molar-refractivity contribution in [3.8, 4) is 0 Å². The molecular formula is C86H163NO8P+. The van der Waals surface area contributed by atoms with E-state index in [9.17, 15) is 19.0 Å². The van der Waals surface area contributed by atoms with Gasteiger partial charge >= 0.3 is 19.8 Å². The van der Waals surface area contributed by atoms with Gasteiger partial charge in [0.1, 0.15) is 19.8 Å². The standard InChI is InChI=1S/C86H162NO8P/c1-6-8-10-12-14-16-18-20-22-24-26-28-30-32-34-36-38-40-41-42-43-44-45-47-48-50-52-54-56-58-60-62-64-66-68-70-72-74-76-78-85(88)92-82-84(83-94-96(90,91)93-81-80-87(3,4)5)95-86(89)79-77-75-73-71-69-67-65-63-61-59-57-55-53-51-49-46-39-37-35-33-31-29-27-25-23-21-19-17-15-13-11-9-7-2/h9,11,15,17,21,23,27,29,33,35,84H,6-8,10,12-14,16,18-20,22,24-26,28,30-32,34,36-83H2,1-5H3/p+1/b11-9-,17-15-,23-21-,29-27-,35-33-. The number of phosphoric acid groups is 1. The van der Waals surface area contributed by atoms with Gasteiger partial charge in [0.2, 0.25) is 0 Å². The minimum absolute atomic E-state index is 0.0335. The number of ether oxygens (including phenoxy) is 2. The van der Waals surface area contributed by atoms with Gasteiger partial charge in [-0.2, -0.15) is 0 Å². The topological polar surface area (TPSA) is 108 Å². The molecule has 0 radical (unpaired) electrons. The predicted octanol–water partition coefficient (Wildman–Crippen LogP) is 28.1. The molecule has 0 saturated heterocycles. The van der Waals surface area contributed by atoms with E-state index in [0.29, 0.717) is 23.9 Å².